The number of ether oxygens (including phenoxy) is 1. The zero-order chi connectivity index (χ0) is 22.7. The van der Waals surface area contributed by atoms with Gasteiger partial charge in [-0.25, -0.2) is 9.78 Å². The number of carbonyl (C=O) groups is 2. The number of benzene rings is 1. The van der Waals surface area contributed by atoms with E-state index in [0.29, 0.717) is 39.7 Å². The maximum absolute atomic E-state index is 12.6. The minimum Gasteiger partial charge on any atom is -0.455 e. The fraction of sp³-hybridized carbons (Fsp3) is 0.333. The molecule has 7 nitrogen and oxygen atoms in total. The van der Waals surface area contributed by atoms with Crippen LogP contribution >= 0.6 is 34.5 Å². The predicted octanol–water partition coefficient (Wildman–Crippen LogP) is 5.65. The van der Waals surface area contributed by atoms with Crippen LogP contribution in [-0.4, -0.2) is 26.6 Å². The first-order chi connectivity index (χ1) is 14.7. The van der Waals surface area contributed by atoms with Crippen LogP contribution < -0.4 is 4.90 Å². The number of esters is 1. The van der Waals surface area contributed by atoms with Gasteiger partial charge in [0.15, 0.2) is 5.13 Å². The Balaban J connectivity index is 1.74. The number of nitrogens with zero attached hydrogens (tertiary/aromatic N) is 4. The van der Waals surface area contributed by atoms with Crippen LogP contribution in [0.5, 0.6) is 0 Å². The maximum Gasteiger partial charge on any atom is 0.343 e. The van der Waals surface area contributed by atoms with E-state index in [-0.39, 0.29) is 23.2 Å². The van der Waals surface area contributed by atoms with E-state index in [9.17, 15) is 9.59 Å². The molecule has 10 heteroatoms. The van der Waals surface area contributed by atoms with E-state index < -0.39 is 5.97 Å². The predicted molar refractivity (Wildman–Crippen MR) is 122 cm³/mol. The van der Waals surface area contributed by atoms with Gasteiger partial charge in [0, 0.05) is 23.9 Å². The van der Waals surface area contributed by atoms with Crippen LogP contribution in [0.1, 0.15) is 42.5 Å². The zero-order valence-corrected chi connectivity index (χ0v) is 19.9. The molecule has 2 heterocycles. The molecule has 0 fully saturated rings. The lowest BCUT2D eigenvalue weighted by Crippen LogP contribution is -2.22. The number of anilines is 2. The summed E-state index contributed by atoms with van der Waals surface area (Å²) in [6.45, 7) is 7.80. The van der Waals surface area contributed by atoms with E-state index in [1.165, 1.54) is 23.2 Å². The third kappa shape index (κ3) is 5.44. The third-order valence-electron chi connectivity index (χ3n) is 4.27. The molecule has 3 rings (SSSR count). The van der Waals surface area contributed by atoms with Crippen LogP contribution in [0.25, 0.3) is 0 Å². The number of hydrogen-bond acceptors (Lipinski definition) is 6. The van der Waals surface area contributed by atoms with E-state index >= 15 is 0 Å². The Kier molecular flexibility index (Phi) is 7.35. The van der Waals surface area contributed by atoms with Crippen LogP contribution in [0.2, 0.25) is 10.2 Å². The summed E-state index contributed by atoms with van der Waals surface area (Å²) in [4.78, 5) is 30.7. The fourth-order valence-electron chi connectivity index (χ4n) is 2.97. The number of aromatic nitrogens is 3. The summed E-state index contributed by atoms with van der Waals surface area (Å²) in [5.74, 6) is -0.441. The Bertz CT molecular complexity index is 1110. The standard InChI is InChI=1S/C21H22Cl2N4O3S/c1-12(2)9-26-19(23)18(13(3)25-26)20(29)30-10-16-11-31-21(24-16)27(14(4)28)17-7-5-6-15(22)8-17/h5-8,11-12H,9-10H2,1-4H3. The van der Waals surface area contributed by atoms with Gasteiger partial charge in [0.25, 0.3) is 0 Å². The molecule has 0 unspecified atom stereocenters. The normalized spacial score (nSPS) is 11.1. The topological polar surface area (TPSA) is 77.3 Å². The lowest BCUT2D eigenvalue weighted by Gasteiger charge is -2.18. The van der Waals surface area contributed by atoms with Crippen molar-refractivity contribution < 1.29 is 14.3 Å². The Morgan fingerprint density at radius 3 is 2.68 bits per heavy atom. The van der Waals surface area contributed by atoms with E-state index in [1.807, 2.05) is 13.8 Å². The molecule has 1 amide bonds. The van der Waals surface area contributed by atoms with Gasteiger partial charge < -0.3 is 4.74 Å². The van der Waals surface area contributed by atoms with Crippen LogP contribution in [0.3, 0.4) is 0 Å². The first-order valence-electron chi connectivity index (χ1n) is 9.58. The molecule has 0 aliphatic rings. The molecule has 0 aliphatic heterocycles. The number of carbonyl (C=O) groups excluding carboxylic acids is 2. The van der Waals surface area contributed by atoms with Crippen molar-refractivity contribution in [3.8, 4) is 0 Å². The number of amides is 1. The largest absolute Gasteiger partial charge is 0.455 e. The highest BCUT2D eigenvalue weighted by molar-refractivity contribution is 7.14. The van der Waals surface area contributed by atoms with Gasteiger partial charge >= 0.3 is 5.97 Å². The van der Waals surface area contributed by atoms with Crippen molar-refractivity contribution in [2.45, 2.75) is 40.8 Å². The second kappa shape index (κ2) is 9.80. The Morgan fingerprint density at radius 2 is 2.03 bits per heavy atom. The summed E-state index contributed by atoms with van der Waals surface area (Å²) in [5.41, 5.74) is 1.89. The molecule has 0 radical (unpaired) electrons. The molecule has 0 saturated heterocycles. The monoisotopic (exact) mass is 480 g/mol. The molecule has 0 aliphatic carbocycles. The quantitative estimate of drug-likeness (QED) is 0.408. The van der Waals surface area contributed by atoms with Crippen LogP contribution in [-0.2, 0) is 22.7 Å². The third-order valence-corrected chi connectivity index (χ3v) is 5.76. The highest BCUT2D eigenvalue weighted by Gasteiger charge is 2.23. The Labute approximate surface area is 194 Å². The van der Waals surface area contributed by atoms with Crippen molar-refractivity contribution in [1.82, 2.24) is 14.8 Å². The molecular formula is C21H22Cl2N4O3S. The fourth-order valence-corrected chi connectivity index (χ4v) is 4.35. The summed E-state index contributed by atoms with van der Waals surface area (Å²) in [5, 5.41) is 7.30. The number of hydrogen-bond donors (Lipinski definition) is 0. The van der Waals surface area contributed by atoms with Crippen molar-refractivity contribution in [3.05, 3.63) is 56.8 Å². The highest BCUT2D eigenvalue weighted by atomic mass is 35.5. The van der Waals surface area contributed by atoms with Gasteiger partial charge in [-0.2, -0.15) is 5.10 Å². The van der Waals surface area contributed by atoms with Crippen molar-refractivity contribution in [2.24, 2.45) is 5.92 Å². The van der Waals surface area contributed by atoms with Gasteiger partial charge in [-0.15, -0.1) is 11.3 Å². The van der Waals surface area contributed by atoms with E-state index in [0.717, 1.165) is 0 Å². The van der Waals surface area contributed by atoms with Crippen molar-refractivity contribution in [3.63, 3.8) is 0 Å². The summed E-state index contributed by atoms with van der Waals surface area (Å²) >= 11 is 13.7. The average molecular weight is 481 g/mol. The minimum atomic E-state index is -0.565. The molecule has 0 saturated carbocycles. The average Bonchev–Trinajstić information content (AvgIpc) is 3.24. The molecule has 164 valence electrons. The van der Waals surface area contributed by atoms with Gasteiger partial charge in [-0.3, -0.25) is 14.4 Å². The smallest absolute Gasteiger partial charge is 0.343 e. The molecule has 2 aromatic heterocycles. The van der Waals surface area contributed by atoms with Gasteiger partial charge in [-0.1, -0.05) is 43.1 Å². The zero-order valence-electron chi connectivity index (χ0n) is 17.6. The summed E-state index contributed by atoms with van der Waals surface area (Å²) in [6.07, 6.45) is 0. The molecule has 3 aromatic rings. The summed E-state index contributed by atoms with van der Waals surface area (Å²) in [7, 11) is 0. The van der Waals surface area contributed by atoms with Gasteiger partial charge in [-0.05, 0) is 31.0 Å². The van der Waals surface area contributed by atoms with Crippen LogP contribution in [0, 0.1) is 12.8 Å². The lowest BCUT2D eigenvalue weighted by molar-refractivity contribution is -0.115. The second-order valence-corrected chi connectivity index (χ2v) is 8.99. The van der Waals surface area contributed by atoms with Crippen LogP contribution in [0.4, 0.5) is 10.8 Å². The van der Waals surface area contributed by atoms with Crippen molar-refractivity contribution >= 4 is 57.2 Å². The van der Waals surface area contributed by atoms with Crippen LogP contribution in [0.15, 0.2) is 29.6 Å². The van der Waals surface area contributed by atoms with Gasteiger partial charge in [0.05, 0.1) is 17.1 Å². The highest BCUT2D eigenvalue weighted by Crippen LogP contribution is 2.31. The Morgan fingerprint density at radius 1 is 1.29 bits per heavy atom. The van der Waals surface area contributed by atoms with E-state index in [2.05, 4.69) is 10.1 Å². The molecule has 0 N–H and O–H groups in total. The first kappa shape index (κ1) is 23.2. The molecule has 0 spiro atoms. The minimum absolute atomic E-state index is 0.0538. The molecule has 0 bridgehead atoms. The van der Waals surface area contributed by atoms with Crippen molar-refractivity contribution in [2.75, 3.05) is 4.90 Å². The van der Waals surface area contributed by atoms with Crippen molar-refractivity contribution in [1.29, 1.82) is 0 Å². The second-order valence-electron chi connectivity index (χ2n) is 7.36. The number of rotatable bonds is 7. The van der Waals surface area contributed by atoms with E-state index in [4.69, 9.17) is 27.9 Å². The lowest BCUT2D eigenvalue weighted by atomic mass is 10.2. The first-order valence-corrected chi connectivity index (χ1v) is 11.2. The molecule has 31 heavy (non-hydrogen) atoms. The SMILES string of the molecule is CC(=O)N(c1cccc(Cl)c1)c1nc(COC(=O)c2c(C)nn(CC(C)C)c2Cl)cs1. The number of thiazole rings is 1. The van der Waals surface area contributed by atoms with E-state index in [1.54, 1.807) is 41.3 Å². The number of aryl methyl sites for hydroxylation is 1. The summed E-state index contributed by atoms with van der Waals surface area (Å²) in [6, 6.07) is 6.94. The van der Waals surface area contributed by atoms with Gasteiger partial charge in [0.2, 0.25) is 5.91 Å². The molecule has 0 atom stereocenters. The molecular weight excluding hydrogens is 459 g/mol. The molecule has 1 aromatic carbocycles. The maximum atomic E-state index is 12.6. The summed E-state index contributed by atoms with van der Waals surface area (Å²) < 4.78 is 7.02. The number of halogens is 2. The van der Waals surface area contributed by atoms with Gasteiger partial charge in [0.1, 0.15) is 17.3 Å². The Hall–Kier alpha value is -2.42.